The molecule has 2 aromatic carbocycles. The molecule has 0 bridgehead atoms. The zero-order chi connectivity index (χ0) is 21.8. The van der Waals surface area contributed by atoms with Gasteiger partial charge in [-0.25, -0.2) is 0 Å². The molecular weight excluding hydrogens is 380 g/mol. The van der Waals surface area contributed by atoms with Gasteiger partial charge in [-0.2, -0.15) is 0 Å². The molecule has 162 valence electrons. The van der Waals surface area contributed by atoms with Crippen LogP contribution in [0.5, 0.6) is 5.75 Å². The molecule has 2 amide bonds. The Kier molecular flexibility index (Phi) is 9.87. The van der Waals surface area contributed by atoms with Crippen molar-refractivity contribution in [1.29, 1.82) is 0 Å². The average molecular weight is 413 g/mol. The Bertz CT molecular complexity index is 778. The molecule has 0 radical (unpaired) electrons. The molecule has 6 nitrogen and oxygen atoms in total. The van der Waals surface area contributed by atoms with Crippen molar-refractivity contribution in [3.05, 3.63) is 65.7 Å². The lowest BCUT2D eigenvalue weighted by Gasteiger charge is -2.31. The largest absolute Gasteiger partial charge is 0.497 e. The van der Waals surface area contributed by atoms with Gasteiger partial charge in [0.2, 0.25) is 11.8 Å². The van der Waals surface area contributed by atoms with Crippen LogP contribution in [0, 0.1) is 0 Å². The van der Waals surface area contributed by atoms with E-state index in [1.54, 1.807) is 12.0 Å². The number of carbonyl (C=O) groups is 2. The second-order valence-electron chi connectivity index (χ2n) is 7.19. The van der Waals surface area contributed by atoms with Gasteiger partial charge in [0.05, 0.1) is 7.11 Å². The van der Waals surface area contributed by atoms with E-state index in [-0.39, 0.29) is 18.4 Å². The van der Waals surface area contributed by atoms with Gasteiger partial charge in [-0.15, -0.1) is 0 Å². The monoisotopic (exact) mass is 412 g/mol. The van der Waals surface area contributed by atoms with Crippen LogP contribution in [0.1, 0.15) is 37.3 Å². The summed E-state index contributed by atoms with van der Waals surface area (Å²) >= 11 is 0. The van der Waals surface area contributed by atoms with E-state index >= 15 is 0 Å². The number of carbonyl (C=O) groups excluding carboxylic acids is 2. The fraction of sp³-hybridized carbons (Fsp3) is 0.417. The number of hydrogen-bond donors (Lipinski definition) is 2. The summed E-state index contributed by atoms with van der Waals surface area (Å²) in [6.07, 6.45) is 2.00. The van der Waals surface area contributed by atoms with Crippen LogP contribution < -0.4 is 10.1 Å². The predicted molar refractivity (Wildman–Crippen MR) is 117 cm³/mol. The average Bonchev–Trinajstić information content (AvgIpc) is 2.77. The van der Waals surface area contributed by atoms with Crippen molar-refractivity contribution in [1.82, 2.24) is 10.2 Å². The van der Waals surface area contributed by atoms with Gasteiger partial charge >= 0.3 is 0 Å². The van der Waals surface area contributed by atoms with E-state index in [0.717, 1.165) is 16.9 Å². The van der Waals surface area contributed by atoms with E-state index < -0.39 is 6.04 Å². The first-order valence-corrected chi connectivity index (χ1v) is 10.4. The van der Waals surface area contributed by atoms with Gasteiger partial charge in [0.25, 0.3) is 0 Å². The number of amides is 2. The number of rotatable bonds is 12. The highest BCUT2D eigenvalue weighted by Gasteiger charge is 2.29. The lowest BCUT2D eigenvalue weighted by atomic mass is 10.0. The Hall–Kier alpha value is -2.86. The van der Waals surface area contributed by atoms with Crippen LogP contribution in [0.2, 0.25) is 0 Å². The summed E-state index contributed by atoms with van der Waals surface area (Å²) in [5, 5.41) is 11.9. The van der Waals surface area contributed by atoms with Crippen molar-refractivity contribution in [3.63, 3.8) is 0 Å². The molecule has 2 N–H and O–H groups in total. The summed E-state index contributed by atoms with van der Waals surface area (Å²) in [7, 11) is 1.61. The summed E-state index contributed by atoms with van der Waals surface area (Å²) < 4.78 is 5.21. The van der Waals surface area contributed by atoms with Gasteiger partial charge in [0, 0.05) is 32.5 Å². The normalized spacial score (nSPS) is 11.6. The number of hydrogen-bond acceptors (Lipinski definition) is 4. The highest BCUT2D eigenvalue weighted by molar-refractivity contribution is 5.88. The molecule has 0 aromatic heterocycles. The van der Waals surface area contributed by atoms with Crippen LogP contribution >= 0.6 is 0 Å². The zero-order valence-electron chi connectivity index (χ0n) is 17.8. The lowest BCUT2D eigenvalue weighted by molar-refractivity contribution is -0.141. The third-order valence-electron chi connectivity index (χ3n) is 4.88. The summed E-state index contributed by atoms with van der Waals surface area (Å²) in [6, 6.07) is 16.6. The van der Waals surface area contributed by atoms with E-state index in [9.17, 15) is 9.59 Å². The van der Waals surface area contributed by atoms with E-state index in [1.165, 1.54) is 0 Å². The third-order valence-corrected chi connectivity index (χ3v) is 4.88. The first kappa shape index (κ1) is 23.4. The van der Waals surface area contributed by atoms with Crippen molar-refractivity contribution >= 4 is 11.8 Å². The highest BCUT2D eigenvalue weighted by Crippen LogP contribution is 2.18. The highest BCUT2D eigenvalue weighted by atomic mass is 16.5. The molecule has 0 unspecified atom stereocenters. The number of ether oxygens (including phenoxy) is 1. The van der Waals surface area contributed by atoms with Gasteiger partial charge < -0.3 is 20.1 Å². The number of aliphatic hydroxyl groups is 1. The van der Waals surface area contributed by atoms with E-state index in [2.05, 4.69) is 5.32 Å². The molecule has 0 saturated heterocycles. The summed E-state index contributed by atoms with van der Waals surface area (Å²) in [4.78, 5) is 27.7. The number of nitrogens with zero attached hydrogens (tertiary/aromatic N) is 1. The third kappa shape index (κ3) is 7.19. The standard InChI is InChI=1S/C24H32N2O4/c1-3-8-23(28)26(18-20-11-13-21(30-2)14-12-20)22(24(29)25-15-7-16-27)17-19-9-5-4-6-10-19/h4-6,9-14,22,27H,3,7-8,15-18H2,1-2H3,(H,25,29)/t22-/m0/s1. The van der Waals surface area contributed by atoms with Crippen LogP contribution in [-0.4, -0.2) is 48.1 Å². The molecule has 0 spiro atoms. The van der Waals surface area contributed by atoms with Crippen LogP contribution in [0.4, 0.5) is 0 Å². The minimum Gasteiger partial charge on any atom is -0.497 e. The maximum Gasteiger partial charge on any atom is 0.243 e. The fourth-order valence-corrected chi connectivity index (χ4v) is 3.25. The van der Waals surface area contributed by atoms with Gasteiger partial charge in [-0.1, -0.05) is 49.4 Å². The number of methoxy groups -OCH3 is 1. The first-order valence-electron chi connectivity index (χ1n) is 10.4. The zero-order valence-corrected chi connectivity index (χ0v) is 17.8. The van der Waals surface area contributed by atoms with Gasteiger partial charge in [-0.3, -0.25) is 9.59 Å². The van der Waals surface area contributed by atoms with Crippen LogP contribution in [-0.2, 0) is 22.6 Å². The van der Waals surface area contributed by atoms with E-state index in [1.807, 2.05) is 61.5 Å². The second kappa shape index (κ2) is 12.6. The van der Waals surface area contributed by atoms with E-state index in [4.69, 9.17) is 9.84 Å². The maximum absolute atomic E-state index is 13.1. The minimum absolute atomic E-state index is 0.00790. The molecule has 0 heterocycles. The van der Waals surface area contributed by atoms with Gasteiger partial charge in [-0.05, 0) is 36.1 Å². The van der Waals surface area contributed by atoms with Gasteiger partial charge in [0.1, 0.15) is 11.8 Å². The van der Waals surface area contributed by atoms with Gasteiger partial charge in [0.15, 0.2) is 0 Å². The van der Waals surface area contributed by atoms with E-state index in [0.29, 0.717) is 38.8 Å². The molecule has 30 heavy (non-hydrogen) atoms. The molecule has 2 rings (SSSR count). The summed E-state index contributed by atoms with van der Waals surface area (Å²) in [6.45, 7) is 2.68. The topological polar surface area (TPSA) is 78.9 Å². The molecule has 0 saturated carbocycles. The lowest BCUT2D eigenvalue weighted by Crippen LogP contribution is -2.50. The molecule has 2 aromatic rings. The number of nitrogens with one attached hydrogen (secondary N) is 1. The first-order chi connectivity index (χ1) is 14.6. The van der Waals surface area contributed by atoms with Crippen molar-refractivity contribution in [2.24, 2.45) is 0 Å². The Balaban J connectivity index is 2.30. The molecule has 6 heteroatoms. The van der Waals surface area contributed by atoms with Crippen LogP contribution in [0.15, 0.2) is 54.6 Å². The van der Waals surface area contributed by atoms with Crippen LogP contribution in [0.25, 0.3) is 0 Å². The molecule has 0 fully saturated rings. The molecule has 0 aliphatic heterocycles. The maximum atomic E-state index is 13.1. The smallest absolute Gasteiger partial charge is 0.243 e. The second-order valence-corrected chi connectivity index (χ2v) is 7.19. The fourth-order valence-electron chi connectivity index (χ4n) is 3.25. The Labute approximate surface area is 178 Å². The Morgan fingerprint density at radius 3 is 2.37 bits per heavy atom. The number of aliphatic hydroxyl groups excluding tert-OH is 1. The minimum atomic E-state index is -0.632. The summed E-state index contributed by atoms with van der Waals surface area (Å²) in [5.41, 5.74) is 1.92. The van der Waals surface area contributed by atoms with Crippen molar-refractivity contribution in [3.8, 4) is 5.75 Å². The number of benzene rings is 2. The van der Waals surface area contributed by atoms with Crippen LogP contribution in [0.3, 0.4) is 0 Å². The van der Waals surface area contributed by atoms with Crippen molar-refractivity contribution in [2.75, 3.05) is 20.3 Å². The SMILES string of the molecule is CCCC(=O)N(Cc1ccc(OC)cc1)[C@@H](Cc1ccccc1)C(=O)NCCCO. The van der Waals surface area contributed by atoms with Crippen molar-refractivity contribution < 1.29 is 19.4 Å². The molecule has 0 aliphatic carbocycles. The van der Waals surface area contributed by atoms with Crippen molar-refractivity contribution in [2.45, 2.75) is 45.2 Å². The molecule has 1 atom stereocenters. The Morgan fingerprint density at radius 1 is 1.07 bits per heavy atom. The molecule has 0 aliphatic rings. The molecular formula is C24H32N2O4. The summed E-state index contributed by atoms with van der Waals surface area (Å²) in [5.74, 6) is 0.490. The quantitative estimate of drug-likeness (QED) is 0.526. The predicted octanol–water partition coefficient (Wildman–Crippen LogP) is 2.93. The Morgan fingerprint density at radius 2 is 1.77 bits per heavy atom.